The molecule has 0 bridgehead atoms. The zero-order valence-corrected chi connectivity index (χ0v) is 30.6. The molecule has 1 saturated carbocycles. The van der Waals surface area contributed by atoms with Gasteiger partial charge in [0.05, 0.1) is 41.4 Å². The summed E-state index contributed by atoms with van der Waals surface area (Å²) < 4.78 is 11.7. The second kappa shape index (κ2) is 13.6. The van der Waals surface area contributed by atoms with Gasteiger partial charge in [-0.1, -0.05) is 66.8 Å². The number of ketones is 1. The van der Waals surface area contributed by atoms with Crippen molar-refractivity contribution in [2.75, 3.05) is 12.0 Å². The van der Waals surface area contributed by atoms with Crippen molar-refractivity contribution in [3.8, 4) is 17.0 Å². The van der Waals surface area contributed by atoms with Gasteiger partial charge in [0.1, 0.15) is 5.75 Å². The van der Waals surface area contributed by atoms with Crippen molar-refractivity contribution in [3.05, 3.63) is 87.9 Å². The zero-order valence-electron chi connectivity index (χ0n) is 25.8. The molecule has 0 spiro atoms. The number of imide groups is 1. The first kappa shape index (κ1) is 33.5. The maximum Gasteiger partial charge on any atom is 0.339 e. The first-order valence-electron chi connectivity index (χ1n) is 15.3. The smallest absolute Gasteiger partial charge is 0.339 e. The molecular weight excluding hydrogens is 796 g/mol. The number of carbonyl (C=O) groups is 4. The Balaban J connectivity index is 1.32. The van der Waals surface area contributed by atoms with Crippen molar-refractivity contribution < 1.29 is 28.7 Å². The fourth-order valence-electron chi connectivity index (χ4n) is 6.34. The van der Waals surface area contributed by atoms with E-state index in [1.54, 1.807) is 68.6 Å². The number of carbonyl (C=O) groups excluding carboxylic acids is 4. The second-order valence-electron chi connectivity index (χ2n) is 11.8. The maximum absolute atomic E-state index is 13.7. The summed E-state index contributed by atoms with van der Waals surface area (Å²) >= 11 is 10.8. The van der Waals surface area contributed by atoms with Crippen LogP contribution in [0, 0.1) is 11.8 Å². The SMILES string of the molecule is CCc1cc(Br)cc2c(C(=O)OC(C)C(=O)c3ccc(OC)cc3)cc(-c3ccc(N4C(=O)C5CC(Br)C(Br)CC5C4=O)cc3)nc12. The van der Waals surface area contributed by atoms with Crippen molar-refractivity contribution in [1.82, 2.24) is 4.98 Å². The van der Waals surface area contributed by atoms with E-state index in [1.807, 2.05) is 19.1 Å². The number of hydrogen-bond acceptors (Lipinski definition) is 7. The molecular formula is C36H31Br3N2O6. The summed E-state index contributed by atoms with van der Waals surface area (Å²) in [5.74, 6) is -1.43. The monoisotopic (exact) mass is 824 g/mol. The minimum absolute atomic E-state index is 0.125. The summed E-state index contributed by atoms with van der Waals surface area (Å²) in [7, 11) is 1.55. The number of methoxy groups -OCH3 is 1. The number of aromatic nitrogens is 1. The third-order valence-electron chi connectivity index (χ3n) is 8.92. The third kappa shape index (κ3) is 6.41. The highest BCUT2D eigenvalue weighted by molar-refractivity contribution is 9.12. The molecule has 242 valence electrons. The Kier molecular flexibility index (Phi) is 9.69. The van der Waals surface area contributed by atoms with Crippen molar-refractivity contribution in [3.63, 3.8) is 0 Å². The van der Waals surface area contributed by atoms with E-state index >= 15 is 0 Å². The molecule has 5 unspecified atom stereocenters. The van der Waals surface area contributed by atoms with Crippen LogP contribution in [0.2, 0.25) is 0 Å². The number of amides is 2. The maximum atomic E-state index is 13.7. The molecule has 2 fully saturated rings. The summed E-state index contributed by atoms with van der Waals surface area (Å²) in [5.41, 5.74) is 3.93. The molecule has 0 radical (unpaired) electrons. The number of halogens is 3. The fourth-order valence-corrected chi connectivity index (χ4v) is 8.09. The number of rotatable bonds is 8. The molecule has 11 heteroatoms. The standard InChI is InChI=1S/C36H31Br3N2O6/c1-4-19-13-22(37)14-25-28(36(45)47-18(2)33(42)21-7-11-24(46-3)12-8-21)17-31(40-32(19)25)20-5-9-23(10-6-20)41-34(43)26-15-29(38)30(39)16-27(26)35(41)44/h5-14,17-18,26-27,29-30H,4,15-16H2,1-3H3. The Morgan fingerprint density at radius 1 is 0.936 bits per heavy atom. The molecule has 47 heavy (non-hydrogen) atoms. The van der Waals surface area contributed by atoms with E-state index < -0.39 is 12.1 Å². The number of anilines is 1. The molecule has 0 N–H and O–H groups in total. The van der Waals surface area contributed by atoms with Gasteiger partial charge in [-0.2, -0.15) is 0 Å². The lowest BCUT2D eigenvalue weighted by Gasteiger charge is -2.29. The molecule has 1 saturated heterocycles. The first-order valence-corrected chi connectivity index (χ1v) is 17.9. The highest BCUT2D eigenvalue weighted by Gasteiger charge is 2.52. The summed E-state index contributed by atoms with van der Waals surface area (Å²) in [6.45, 7) is 3.56. The largest absolute Gasteiger partial charge is 0.497 e. The van der Waals surface area contributed by atoms with Gasteiger partial charge in [0.15, 0.2) is 6.10 Å². The number of aryl methyl sites for hydroxylation is 1. The van der Waals surface area contributed by atoms with Crippen LogP contribution in [0.3, 0.4) is 0 Å². The van der Waals surface area contributed by atoms with E-state index in [-0.39, 0.29) is 44.7 Å². The van der Waals surface area contributed by atoms with E-state index in [0.717, 1.165) is 10.0 Å². The van der Waals surface area contributed by atoms with E-state index in [1.165, 1.54) is 4.90 Å². The van der Waals surface area contributed by atoms with Gasteiger partial charge in [0.2, 0.25) is 17.6 Å². The van der Waals surface area contributed by atoms with Crippen molar-refractivity contribution in [1.29, 1.82) is 0 Å². The quantitative estimate of drug-likeness (QED) is 0.0766. The molecule has 3 aromatic carbocycles. The minimum Gasteiger partial charge on any atom is -0.497 e. The highest BCUT2D eigenvalue weighted by atomic mass is 79.9. The van der Waals surface area contributed by atoms with Gasteiger partial charge in [-0.3, -0.25) is 19.3 Å². The fraction of sp³-hybridized carbons (Fsp3) is 0.306. The van der Waals surface area contributed by atoms with Crippen LogP contribution < -0.4 is 9.64 Å². The Labute approximate surface area is 297 Å². The van der Waals surface area contributed by atoms with Crippen molar-refractivity contribution in [2.45, 2.75) is 48.9 Å². The van der Waals surface area contributed by atoms with Crippen LogP contribution in [0.1, 0.15) is 53.0 Å². The number of nitrogens with zero attached hydrogens (tertiary/aromatic N) is 2. The molecule has 1 aromatic heterocycles. The number of pyridine rings is 1. The van der Waals surface area contributed by atoms with Gasteiger partial charge < -0.3 is 9.47 Å². The van der Waals surface area contributed by atoms with E-state index in [0.29, 0.717) is 58.4 Å². The average Bonchev–Trinajstić information content (AvgIpc) is 3.31. The Morgan fingerprint density at radius 3 is 2.13 bits per heavy atom. The zero-order chi connectivity index (χ0) is 33.6. The number of benzene rings is 3. The first-order chi connectivity index (χ1) is 22.5. The van der Waals surface area contributed by atoms with Crippen LogP contribution in [0.25, 0.3) is 22.2 Å². The summed E-state index contributed by atoms with van der Waals surface area (Å²) in [5, 5.41) is 0.594. The van der Waals surface area contributed by atoms with Crippen LogP contribution in [0.5, 0.6) is 5.75 Å². The van der Waals surface area contributed by atoms with E-state index in [9.17, 15) is 19.2 Å². The van der Waals surface area contributed by atoms with Crippen LogP contribution in [0.15, 0.2) is 71.2 Å². The third-order valence-corrected chi connectivity index (χ3v) is 12.1. The predicted octanol–water partition coefficient (Wildman–Crippen LogP) is 8.09. The molecule has 4 aromatic rings. The van der Waals surface area contributed by atoms with Crippen LogP contribution in [-0.4, -0.2) is 51.4 Å². The van der Waals surface area contributed by atoms with Crippen LogP contribution in [0.4, 0.5) is 5.69 Å². The van der Waals surface area contributed by atoms with E-state index in [2.05, 4.69) is 47.8 Å². The molecule has 1 aliphatic carbocycles. The normalized spacial score (nSPS) is 21.4. The van der Waals surface area contributed by atoms with Gasteiger partial charge in [-0.05, 0) is 86.3 Å². The van der Waals surface area contributed by atoms with Crippen molar-refractivity contribution >= 4 is 87.9 Å². The van der Waals surface area contributed by atoms with Crippen LogP contribution >= 0.6 is 47.8 Å². The number of alkyl halides is 2. The topological polar surface area (TPSA) is 103 Å². The molecule has 2 amide bonds. The van der Waals surface area contributed by atoms with Gasteiger partial charge in [0.25, 0.3) is 0 Å². The molecule has 1 aliphatic heterocycles. The average molecular weight is 827 g/mol. The van der Waals surface area contributed by atoms with Gasteiger partial charge >= 0.3 is 5.97 Å². The minimum atomic E-state index is -1.04. The van der Waals surface area contributed by atoms with Crippen LogP contribution in [-0.2, 0) is 20.7 Å². The van der Waals surface area contributed by atoms with Gasteiger partial charge in [0, 0.05) is 30.6 Å². The summed E-state index contributed by atoms with van der Waals surface area (Å²) in [6.07, 6.45) is 0.816. The number of Topliss-reactive ketones (excluding diaryl/α,β-unsaturated/α-hetero) is 1. The Hall–Kier alpha value is -3.41. The lowest BCUT2D eigenvalue weighted by molar-refractivity contribution is -0.122. The Bertz CT molecular complexity index is 1870. The molecule has 5 atom stereocenters. The summed E-state index contributed by atoms with van der Waals surface area (Å²) in [4.78, 5) is 60.1. The molecule has 2 aliphatic rings. The van der Waals surface area contributed by atoms with E-state index in [4.69, 9.17) is 14.5 Å². The molecule has 6 rings (SSSR count). The highest BCUT2D eigenvalue weighted by Crippen LogP contribution is 2.44. The number of hydrogen-bond donors (Lipinski definition) is 0. The Morgan fingerprint density at radius 2 is 1.55 bits per heavy atom. The number of ether oxygens (including phenoxy) is 2. The van der Waals surface area contributed by atoms with Gasteiger partial charge in [-0.25, -0.2) is 9.78 Å². The van der Waals surface area contributed by atoms with Gasteiger partial charge in [-0.15, -0.1) is 0 Å². The van der Waals surface area contributed by atoms with Crippen molar-refractivity contribution in [2.24, 2.45) is 11.8 Å². The second-order valence-corrected chi connectivity index (χ2v) is 15.1. The summed E-state index contributed by atoms with van der Waals surface area (Å²) in [6, 6.07) is 19.1. The molecule has 8 nitrogen and oxygen atoms in total. The predicted molar refractivity (Wildman–Crippen MR) is 191 cm³/mol. The number of fused-ring (bicyclic) bond motifs is 2. The lowest BCUT2D eigenvalue weighted by atomic mass is 9.81. The lowest BCUT2D eigenvalue weighted by Crippen LogP contribution is -2.34. The molecule has 2 heterocycles. The number of esters is 1.